The normalized spacial score (nSPS) is 9.56. The average molecular weight is 446 g/mol. The Kier molecular flexibility index (Phi) is 50.7. The molecule has 0 bridgehead atoms. The van der Waals surface area contributed by atoms with E-state index >= 15 is 0 Å². The number of halogens is 12. The van der Waals surface area contributed by atoms with Crippen LogP contribution in [0.15, 0.2) is 0 Å². The van der Waals surface area contributed by atoms with E-state index in [2.05, 4.69) is 9.47 Å². The highest BCUT2D eigenvalue weighted by molar-refractivity contribution is 4.86. The highest BCUT2D eigenvalue weighted by Crippen LogP contribution is 2.46. The lowest BCUT2D eigenvalue weighted by molar-refractivity contribution is -0.478. The topological polar surface area (TPSA) is 18.5 Å². The molecule has 14 heteroatoms. The number of ether oxygens (including phenoxy) is 2. The molecule has 0 N–H and O–H groups in total. The second kappa shape index (κ2) is 27.3. The first-order valence-electron chi connectivity index (χ1n) is 5.04. The molecule has 27 heavy (non-hydrogen) atoms. The van der Waals surface area contributed by atoms with Crippen molar-refractivity contribution in [3.8, 4) is 0 Å². The quantitative estimate of drug-likeness (QED) is 0.326. The second-order valence-corrected chi connectivity index (χ2v) is 2.49. The van der Waals surface area contributed by atoms with Gasteiger partial charge in [0.1, 0.15) is 0 Å². The van der Waals surface area contributed by atoms with Gasteiger partial charge >= 0.3 is 18.1 Å². The zero-order chi connectivity index (χ0) is 19.7. The Labute approximate surface area is 152 Å². The van der Waals surface area contributed by atoms with E-state index in [-0.39, 0.29) is 36.4 Å². The van der Waals surface area contributed by atoms with Gasteiger partial charge in [0.05, 0.1) is 13.9 Å². The molecular weight excluding hydrogens is 416 g/mol. The van der Waals surface area contributed by atoms with E-state index in [9.17, 15) is 52.7 Å². The van der Waals surface area contributed by atoms with Gasteiger partial charge in [0, 0.05) is 0 Å². The molecule has 0 radical (unpaired) electrons. The maximum Gasteiger partial charge on any atom is 0.453 e. The average Bonchev–Trinajstić information content (AvgIpc) is 2.40. The highest BCUT2D eigenvalue weighted by Gasteiger charge is 2.75. The molecule has 0 aliphatic rings. The first-order chi connectivity index (χ1) is 10.4. The van der Waals surface area contributed by atoms with Crippen molar-refractivity contribution in [2.24, 2.45) is 0 Å². The highest BCUT2D eigenvalue weighted by atomic mass is 19.4. The van der Waals surface area contributed by atoms with E-state index in [1.54, 1.807) is 0 Å². The van der Waals surface area contributed by atoms with E-state index in [1.807, 2.05) is 0 Å². The zero-order valence-electron chi connectivity index (χ0n) is 11.7. The van der Waals surface area contributed by atoms with Gasteiger partial charge in [0.2, 0.25) is 6.93 Å². The van der Waals surface area contributed by atoms with E-state index < -0.39 is 38.8 Å². The molecule has 0 unspecified atom stereocenters. The van der Waals surface area contributed by atoms with Crippen LogP contribution in [0.5, 0.6) is 0 Å². The van der Waals surface area contributed by atoms with Crippen LogP contribution in [0.1, 0.15) is 36.6 Å². The third kappa shape index (κ3) is 21.2. The third-order valence-electron chi connectivity index (χ3n) is 1.26. The minimum atomic E-state index is -6.15. The minimum Gasteiger partial charge on any atom is -0.303 e. The van der Waals surface area contributed by atoms with Gasteiger partial charge in [-0.2, -0.15) is 26.3 Å². The molecule has 0 atom stereocenters. The fourth-order valence-electron chi connectivity index (χ4n) is 0.683. The molecule has 0 spiro atoms. The van der Waals surface area contributed by atoms with Crippen molar-refractivity contribution in [3.63, 3.8) is 0 Å². The van der Waals surface area contributed by atoms with Crippen molar-refractivity contribution >= 4 is 0 Å². The van der Waals surface area contributed by atoms with Crippen LogP contribution < -0.4 is 0 Å². The van der Waals surface area contributed by atoms with E-state index in [0.717, 1.165) is 0 Å². The molecule has 0 amide bonds. The number of hydrogen-bond donors (Lipinski definition) is 0. The Morgan fingerprint density at radius 3 is 0.815 bits per heavy atom. The van der Waals surface area contributed by atoms with Gasteiger partial charge in [-0.25, -0.2) is 17.6 Å². The van der Waals surface area contributed by atoms with Crippen LogP contribution in [0.4, 0.5) is 52.7 Å². The van der Waals surface area contributed by atoms with Crippen LogP contribution in [0.2, 0.25) is 0 Å². The van der Waals surface area contributed by atoms with E-state index in [0.29, 0.717) is 7.18 Å². The molecule has 178 valence electrons. The minimum absolute atomic E-state index is 0. The molecule has 0 aliphatic carbocycles. The number of hydrogen-bond acceptors (Lipinski definition) is 2. The van der Waals surface area contributed by atoms with Crippen molar-refractivity contribution in [1.82, 2.24) is 0 Å². The molecule has 0 saturated carbocycles. The maximum absolute atomic E-state index is 11.9. The van der Waals surface area contributed by atoms with Crippen molar-refractivity contribution in [2.75, 3.05) is 34.5 Å². The predicted octanol–water partition coefficient (Wildman–Crippen LogP) is 7.68. The summed E-state index contributed by atoms with van der Waals surface area (Å²) in [5.41, 5.74) is 0. The lowest BCUT2D eigenvalue weighted by Crippen LogP contribution is -2.60. The van der Waals surface area contributed by atoms with E-state index in [4.69, 9.17) is 0 Å². The first kappa shape index (κ1) is 50.2. The number of rotatable bonds is 4. The Bertz CT molecular complexity index is 210. The van der Waals surface area contributed by atoms with Crippen LogP contribution in [-0.2, 0) is 9.47 Å². The summed E-state index contributed by atoms with van der Waals surface area (Å²) in [6.45, 7) is -5.40. The van der Waals surface area contributed by atoms with E-state index in [1.165, 1.54) is 6.92 Å². The molecule has 0 rings (SSSR count). The SMILES string of the molecule is C.C.C.C.CCF.CF.FCF.FCOC(OCF)(C(F)(F)F)C(F)(F)F. The van der Waals surface area contributed by atoms with Gasteiger partial charge in [-0.05, 0) is 6.92 Å². The Balaban J connectivity index is -0.0000000435. The van der Waals surface area contributed by atoms with Gasteiger partial charge in [0.25, 0.3) is 0 Å². The molecule has 0 aromatic heterocycles. The lowest BCUT2D eigenvalue weighted by atomic mass is 10.2. The molecular formula is C13H30F12O2. The van der Waals surface area contributed by atoms with Crippen LogP contribution >= 0.6 is 0 Å². The van der Waals surface area contributed by atoms with Crippen molar-refractivity contribution in [1.29, 1.82) is 0 Å². The largest absolute Gasteiger partial charge is 0.453 e. The third-order valence-corrected chi connectivity index (χ3v) is 1.26. The summed E-state index contributed by atoms with van der Waals surface area (Å²) in [5, 5.41) is 0. The van der Waals surface area contributed by atoms with Gasteiger partial charge in [-0.15, -0.1) is 0 Å². The fraction of sp³-hybridized carbons (Fsp3) is 1.00. The summed E-state index contributed by atoms with van der Waals surface area (Å²) in [5.74, 6) is -5.27. The lowest BCUT2D eigenvalue weighted by Gasteiger charge is -2.34. The van der Waals surface area contributed by atoms with Gasteiger partial charge in [0.15, 0.2) is 13.7 Å². The van der Waals surface area contributed by atoms with Crippen molar-refractivity contribution < 1.29 is 62.2 Å². The summed E-state index contributed by atoms with van der Waals surface area (Å²) in [6, 6.07) is 0. The monoisotopic (exact) mass is 446 g/mol. The van der Waals surface area contributed by atoms with Gasteiger partial charge in [-0.3, -0.25) is 8.78 Å². The summed E-state index contributed by atoms with van der Waals surface area (Å²) >= 11 is 0. The summed E-state index contributed by atoms with van der Waals surface area (Å²) in [6.07, 6.45) is -12.3. The molecule has 2 nitrogen and oxygen atoms in total. The molecule has 0 saturated heterocycles. The zero-order valence-corrected chi connectivity index (χ0v) is 11.7. The van der Waals surface area contributed by atoms with Crippen LogP contribution in [0.3, 0.4) is 0 Å². The number of alkyl halides is 12. The summed E-state index contributed by atoms with van der Waals surface area (Å²) in [7, 11) is 0.500. The van der Waals surface area contributed by atoms with Crippen LogP contribution in [0.25, 0.3) is 0 Å². The Morgan fingerprint density at radius 1 is 0.593 bits per heavy atom. The molecule has 0 aromatic rings. The van der Waals surface area contributed by atoms with Crippen LogP contribution in [0, 0.1) is 0 Å². The standard InChI is InChI=1S/C5H4F8O2.C2H5F.CH2F2.CH3F.4CH4/c6-1-14-3(15-2-7,4(8,9)10)5(11,12)13;1-2-3;2-1-3;1-2;;;;/h1-2H2;2H2,1H3;1H2;1H3;4*1H4. The Hall–Kier alpha value is -0.920. The molecule has 0 aliphatic heterocycles. The first-order valence-corrected chi connectivity index (χ1v) is 5.04. The van der Waals surface area contributed by atoms with Crippen molar-refractivity contribution in [2.45, 2.75) is 54.8 Å². The second-order valence-electron chi connectivity index (χ2n) is 2.49. The summed E-state index contributed by atoms with van der Waals surface area (Å²) < 4.78 is 139. The molecule has 0 heterocycles. The van der Waals surface area contributed by atoms with Crippen molar-refractivity contribution in [3.05, 3.63) is 0 Å². The van der Waals surface area contributed by atoms with Gasteiger partial charge < -0.3 is 9.47 Å². The smallest absolute Gasteiger partial charge is 0.303 e. The molecule has 0 aromatic carbocycles. The predicted molar refractivity (Wildman–Crippen MR) is 81.6 cm³/mol. The van der Waals surface area contributed by atoms with Gasteiger partial charge in [-0.1, -0.05) is 29.7 Å². The van der Waals surface area contributed by atoms with Crippen LogP contribution in [-0.4, -0.2) is 52.6 Å². The molecule has 0 fully saturated rings. The maximum atomic E-state index is 11.9. The fourth-order valence-corrected chi connectivity index (χ4v) is 0.683. The summed E-state index contributed by atoms with van der Waals surface area (Å²) in [4.78, 5) is 0. The Morgan fingerprint density at radius 2 is 0.741 bits per heavy atom.